The highest BCUT2D eigenvalue weighted by molar-refractivity contribution is 5.20. The third-order valence-electron chi connectivity index (χ3n) is 2.21. The molecule has 1 atom stereocenters. The molecule has 0 aliphatic heterocycles. The van der Waals surface area contributed by atoms with Crippen molar-refractivity contribution in [3.63, 3.8) is 0 Å². The number of aliphatic hydroxyl groups excluding tert-OH is 1. The Hall–Kier alpha value is -1.22. The van der Waals surface area contributed by atoms with Crippen LogP contribution in [0.25, 0.3) is 0 Å². The predicted molar refractivity (Wildman–Crippen MR) is 55.4 cm³/mol. The Morgan fingerprint density at radius 1 is 1.40 bits per heavy atom. The lowest BCUT2D eigenvalue weighted by atomic mass is 10.0. The first-order valence-electron chi connectivity index (χ1n) is 4.89. The van der Waals surface area contributed by atoms with Crippen molar-refractivity contribution in [2.24, 2.45) is 0 Å². The summed E-state index contributed by atoms with van der Waals surface area (Å²) in [6.07, 6.45) is 2.84. The molecule has 3 heteroatoms. The highest BCUT2D eigenvalue weighted by atomic mass is 19.1. The molecule has 0 spiro atoms. The Balaban J connectivity index is 2.64. The van der Waals surface area contributed by atoms with Gasteiger partial charge in [0.15, 0.2) is 0 Å². The van der Waals surface area contributed by atoms with Crippen LogP contribution < -0.4 is 0 Å². The predicted octanol–water partition coefficient (Wildman–Crippen LogP) is 3.35. The van der Waals surface area contributed by atoms with Gasteiger partial charge in [-0.1, -0.05) is 12.1 Å². The van der Waals surface area contributed by atoms with E-state index >= 15 is 0 Å². The molecule has 0 aromatic heterocycles. The van der Waals surface area contributed by atoms with Crippen LogP contribution in [0.15, 0.2) is 30.9 Å². The van der Waals surface area contributed by atoms with Crippen molar-refractivity contribution >= 4 is 0 Å². The molecular formula is C12H14F2O. The number of hydrogen-bond donors (Lipinski definition) is 1. The number of allylic oxidation sites excluding steroid dienone is 1. The number of aliphatic hydroxyl groups is 1. The third kappa shape index (κ3) is 3.44. The highest BCUT2D eigenvalue weighted by Crippen LogP contribution is 2.22. The minimum Gasteiger partial charge on any atom is -0.388 e. The Bertz CT molecular complexity index is 336. The van der Waals surface area contributed by atoms with E-state index in [1.807, 2.05) is 0 Å². The van der Waals surface area contributed by atoms with E-state index in [0.717, 1.165) is 25.0 Å². The van der Waals surface area contributed by atoms with Crippen molar-refractivity contribution in [1.29, 1.82) is 0 Å². The average Bonchev–Trinajstić information content (AvgIpc) is 2.17. The summed E-state index contributed by atoms with van der Waals surface area (Å²) in [5, 5.41) is 9.62. The molecule has 0 saturated heterocycles. The van der Waals surface area contributed by atoms with Crippen LogP contribution in [0.4, 0.5) is 8.78 Å². The fraction of sp³-hybridized carbons (Fsp3) is 0.333. The summed E-state index contributed by atoms with van der Waals surface area (Å²) in [4.78, 5) is 0. The summed E-state index contributed by atoms with van der Waals surface area (Å²) in [6, 6.07) is 3.21. The normalized spacial score (nSPS) is 12.5. The summed E-state index contributed by atoms with van der Waals surface area (Å²) < 4.78 is 25.8. The highest BCUT2D eigenvalue weighted by Gasteiger charge is 2.12. The van der Waals surface area contributed by atoms with Gasteiger partial charge in [0.05, 0.1) is 6.10 Å². The van der Waals surface area contributed by atoms with Gasteiger partial charge in [-0.05, 0) is 25.3 Å². The molecule has 0 aliphatic rings. The van der Waals surface area contributed by atoms with Gasteiger partial charge in [-0.2, -0.15) is 0 Å². The lowest BCUT2D eigenvalue weighted by Crippen LogP contribution is -2.01. The van der Waals surface area contributed by atoms with Gasteiger partial charge in [-0.3, -0.25) is 0 Å². The molecule has 82 valence electrons. The first kappa shape index (κ1) is 11.9. The number of unbranched alkanes of at least 4 members (excludes halogenated alkanes) is 1. The van der Waals surface area contributed by atoms with Crippen molar-refractivity contribution in [2.75, 3.05) is 0 Å². The quantitative estimate of drug-likeness (QED) is 0.586. The number of benzene rings is 1. The van der Waals surface area contributed by atoms with E-state index in [0.29, 0.717) is 6.42 Å². The standard InChI is InChI=1S/C12H14F2O/c1-2-3-4-5-12(15)10-7-6-9(13)8-11(10)14/h2,6-8,12,15H,1,3-5H2. The molecule has 0 amide bonds. The molecule has 0 aliphatic carbocycles. The molecule has 0 saturated carbocycles. The van der Waals surface area contributed by atoms with E-state index in [2.05, 4.69) is 6.58 Å². The van der Waals surface area contributed by atoms with Gasteiger partial charge in [0.1, 0.15) is 11.6 Å². The topological polar surface area (TPSA) is 20.2 Å². The second kappa shape index (κ2) is 5.61. The largest absolute Gasteiger partial charge is 0.388 e. The van der Waals surface area contributed by atoms with E-state index in [1.54, 1.807) is 6.08 Å². The molecule has 15 heavy (non-hydrogen) atoms. The zero-order chi connectivity index (χ0) is 11.3. The van der Waals surface area contributed by atoms with Crippen LogP contribution in [-0.4, -0.2) is 5.11 Å². The zero-order valence-corrected chi connectivity index (χ0v) is 8.42. The zero-order valence-electron chi connectivity index (χ0n) is 8.42. The third-order valence-corrected chi connectivity index (χ3v) is 2.21. The van der Waals surface area contributed by atoms with Crippen LogP contribution in [0.1, 0.15) is 30.9 Å². The minimum absolute atomic E-state index is 0.153. The van der Waals surface area contributed by atoms with Crippen molar-refractivity contribution in [1.82, 2.24) is 0 Å². The summed E-state index contributed by atoms with van der Waals surface area (Å²) in [7, 11) is 0. The number of hydrogen-bond acceptors (Lipinski definition) is 1. The second-order valence-electron chi connectivity index (χ2n) is 3.40. The summed E-state index contributed by atoms with van der Waals surface area (Å²) >= 11 is 0. The van der Waals surface area contributed by atoms with Crippen molar-refractivity contribution < 1.29 is 13.9 Å². The first-order valence-corrected chi connectivity index (χ1v) is 4.89. The van der Waals surface area contributed by atoms with Gasteiger partial charge >= 0.3 is 0 Å². The van der Waals surface area contributed by atoms with Crippen LogP contribution in [0.3, 0.4) is 0 Å². The minimum atomic E-state index is -0.870. The van der Waals surface area contributed by atoms with Crippen molar-refractivity contribution in [3.05, 3.63) is 48.1 Å². The number of halogens is 2. The van der Waals surface area contributed by atoms with Crippen molar-refractivity contribution in [3.8, 4) is 0 Å². The maximum atomic E-state index is 13.2. The van der Waals surface area contributed by atoms with E-state index in [-0.39, 0.29) is 5.56 Å². The Morgan fingerprint density at radius 3 is 2.73 bits per heavy atom. The second-order valence-corrected chi connectivity index (χ2v) is 3.40. The van der Waals surface area contributed by atoms with Gasteiger partial charge in [-0.15, -0.1) is 6.58 Å². The van der Waals surface area contributed by atoms with Gasteiger partial charge in [0, 0.05) is 11.6 Å². The number of rotatable bonds is 5. The lowest BCUT2D eigenvalue weighted by Gasteiger charge is -2.11. The van der Waals surface area contributed by atoms with Crippen molar-refractivity contribution in [2.45, 2.75) is 25.4 Å². The summed E-state index contributed by atoms with van der Waals surface area (Å²) in [5.41, 5.74) is 0.153. The average molecular weight is 212 g/mol. The maximum Gasteiger partial charge on any atom is 0.131 e. The Labute approximate surface area is 88.1 Å². The molecule has 0 radical (unpaired) electrons. The van der Waals surface area contributed by atoms with E-state index < -0.39 is 17.7 Å². The molecule has 1 aromatic rings. The van der Waals surface area contributed by atoms with Crippen LogP contribution in [0.2, 0.25) is 0 Å². The summed E-state index contributed by atoms with van der Waals surface area (Å²) in [5.74, 6) is -1.32. The molecular weight excluding hydrogens is 198 g/mol. The van der Waals surface area contributed by atoms with Gasteiger partial charge < -0.3 is 5.11 Å². The molecule has 0 fully saturated rings. The molecule has 1 N–H and O–H groups in total. The Morgan fingerprint density at radius 2 is 2.13 bits per heavy atom. The fourth-order valence-corrected chi connectivity index (χ4v) is 1.38. The molecule has 0 bridgehead atoms. The molecule has 1 rings (SSSR count). The van der Waals surface area contributed by atoms with Gasteiger partial charge in [0.25, 0.3) is 0 Å². The van der Waals surface area contributed by atoms with Crippen LogP contribution >= 0.6 is 0 Å². The van der Waals surface area contributed by atoms with E-state index in [1.165, 1.54) is 6.07 Å². The van der Waals surface area contributed by atoms with Gasteiger partial charge in [-0.25, -0.2) is 8.78 Å². The van der Waals surface area contributed by atoms with E-state index in [9.17, 15) is 13.9 Å². The molecule has 1 nitrogen and oxygen atoms in total. The molecule has 0 heterocycles. The molecule has 1 aromatic carbocycles. The van der Waals surface area contributed by atoms with Crippen LogP contribution in [0, 0.1) is 11.6 Å². The van der Waals surface area contributed by atoms with E-state index in [4.69, 9.17) is 0 Å². The van der Waals surface area contributed by atoms with Gasteiger partial charge in [0.2, 0.25) is 0 Å². The fourth-order valence-electron chi connectivity index (χ4n) is 1.38. The Kier molecular flexibility index (Phi) is 4.43. The maximum absolute atomic E-state index is 13.2. The molecule has 1 unspecified atom stereocenters. The smallest absolute Gasteiger partial charge is 0.131 e. The SMILES string of the molecule is C=CCCCC(O)c1ccc(F)cc1F. The van der Waals surface area contributed by atoms with Crippen LogP contribution in [0.5, 0.6) is 0 Å². The monoisotopic (exact) mass is 212 g/mol. The lowest BCUT2D eigenvalue weighted by molar-refractivity contribution is 0.160. The van der Waals surface area contributed by atoms with Crippen LogP contribution in [-0.2, 0) is 0 Å². The first-order chi connectivity index (χ1) is 7.15. The summed E-state index contributed by atoms with van der Waals surface area (Å²) in [6.45, 7) is 3.55.